The standard InChI is InChI=1S/C19H21F3N2O5S/c1-24(30(26,27)15-6-4-14(20)5-7-15)12-18(25)23-10-9-13-3-8-16(28-2)17(11-13)29-19(21)22/h3-8,11,19H,9-10,12H2,1-2H3,(H,23,25). The average Bonchev–Trinajstić information content (AvgIpc) is 2.68. The second kappa shape index (κ2) is 10.3. The first-order valence-corrected chi connectivity index (χ1v) is 10.2. The molecule has 0 aliphatic rings. The molecule has 1 amide bonds. The summed E-state index contributed by atoms with van der Waals surface area (Å²) in [6.45, 7) is -3.31. The molecule has 0 unspecified atom stereocenters. The van der Waals surface area contributed by atoms with Crippen LogP contribution in [0.15, 0.2) is 47.4 Å². The van der Waals surface area contributed by atoms with Gasteiger partial charge in [-0.3, -0.25) is 4.79 Å². The van der Waals surface area contributed by atoms with Crippen molar-refractivity contribution in [2.75, 3.05) is 27.2 Å². The maximum absolute atomic E-state index is 13.0. The largest absolute Gasteiger partial charge is 0.493 e. The van der Waals surface area contributed by atoms with E-state index in [0.29, 0.717) is 12.0 Å². The molecule has 7 nitrogen and oxygen atoms in total. The van der Waals surface area contributed by atoms with Gasteiger partial charge in [-0.25, -0.2) is 12.8 Å². The lowest BCUT2D eigenvalue weighted by Gasteiger charge is -2.17. The number of hydrogen-bond donors (Lipinski definition) is 1. The lowest BCUT2D eigenvalue weighted by atomic mass is 10.1. The summed E-state index contributed by atoms with van der Waals surface area (Å²) < 4.78 is 72.9. The third kappa shape index (κ3) is 6.36. The van der Waals surface area contributed by atoms with Gasteiger partial charge in [-0.1, -0.05) is 6.07 Å². The highest BCUT2D eigenvalue weighted by atomic mass is 32.2. The van der Waals surface area contributed by atoms with Gasteiger partial charge in [-0.15, -0.1) is 0 Å². The molecule has 2 aromatic rings. The highest BCUT2D eigenvalue weighted by Gasteiger charge is 2.22. The summed E-state index contributed by atoms with van der Waals surface area (Å²) in [6.07, 6.45) is 0.295. The number of carbonyl (C=O) groups excluding carboxylic acids is 1. The molecule has 0 spiro atoms. The van der Waals surface area contributed by atoms with Crippen molar-refractivity contribution in [2.24, 2.45) is 0 Å². The van der Waals surface area contributed by atoms with Crippen molar-refractivity contribution in [3.05, 3.63) is 53.8 Å². The van der Waals surface area contributed by atoms with E-state index in [1.165, 1.54) is 26.3 Å². The molecule has 30 heavy (non-hydrogen) atoms. The van der Waals surface area contributed by atoms with Crippen molar-refractivity contribution < 1.29 is 35.9 Å². The van der Waals surface area contributed by atoms with Gasteiger partial charge in [0.05, 0.1) is 18.6 Å². The maximum atomic E-state index is 13.0. The van der Waals surface area contributed by atoms with E-state index < -0.39 is 34.9 Å². The molecular weight excluding hydrogens is 425 g/mol. The molecule has 0 atom stereocenters. The topological polar surface area (TPSA) is 84.9 Å². The molecule has 0 heterocycles. The summed E-state index contributed by atoms with van der Waals surface area (Å²) >= 11 is 0. The Morgan fingerprint density at radius 1 is 1.13 bits per heavy atom. The minimum atomic E-state index is -3.95. The van der Waals surface area contributed by atoms with Gasteiger partial charge in [0.1, 0.15) is 5.82 Å². The van der Waals surface area contributed by atoms with Gasteiger partial charge in [-0.05, 0) is 48.4 Å². The minimum absolute atomic E-state index is 0.124. The van der Waals surface area contributed by atoms with Crippen LogP contribution in [-0.4, -0.2) is 52.5 Å². The first-order valence-electron chi connectivity index (χ1n) is 8.74. The third-order valence-corrected chi connectivity index (χ3v) is 5.89. The fourth-order valence-electron chi connectivity index (χ4n) is 2.54. The zero-order chi connectivity index (χ0) is 22.3. The maximum Gasteiger partial charge on any atom is 0.387 e. The van der Waals surface area contributed by atoms with E-state index >= 15 is 0 Å². The number of nitrogens with one attached hydrogen (secondary N) is 1. The van der Waals surface area contributed by atoms with E-state index in [-0.39, 0.29) is 22.9 Å². The number of alkyl halides is 2. The van der Waals surface area contributed by atoms with E-state index in [9.17, 15) is 26.4 Å². The summed E-state index contributed by atoms with van der Waals surface area (Å²) in [5.74, 6) is -1.10. The van der Waals surface area contributed by atoms with Crippen LogP contribution in [0.2, 0.25) is 0 Å². The molecule has 0 saturated carbocycles. The van der Waals surface area contributed by atoms with Gasteiger partial charge in [0, 0.05) is 13.6 Å². The van der Waals surface area contributed by atoms with Crippen molar-refractivity contribution in [1.29, 1.82) is 0 Å². The molecule has 0 aliphatic heterocycles. The van der Waals surface area contributed by atoms with Crippen molar-refractivity contribution in [3.8, 4) is 11.5 Å². The molecule has 0 aliphatic carbocycles. The number of halogens is 3. The van der Waals surface area contributed by atoms with Crippen LogP contribution in [-0.2, 0) is 21.2 Å². The van der Waals surface area contributed by atoms with Crippen LogP contribution in [0, 0.1) is 5.82 Å². The molecule has 0 radical (unpaired) electrons. The quantitative estimate of drug-likeness (QED) is 0.606. The van der Waals surface area contributed by atoms with E-state index in [1.54, 1.807) is 6.07 Å². The smallest absolute Gasteiger partial charge is 0.387 e. The minimum Gasteiger partial charge on any atom is -0.493 e. The van der Waals surface area contributed by atoms with Gasteiger partial charge in [0.15, 0.2) is 11.5 Å². The SMILES string of the molecule is COc1ccc(CCNC(=O)CN(C)S(=O)(=O)c2ccc(F)cc2)cc1OC(F)F. The molecule has 2 aromatic carbocycles. The predicted molar refractivity (Wildman–Crippen MR) is 103 cm³/mol. The van der Waals surface area contributed by atoms with E-state index in [0.717, 1.165) is 28.6 Å². The lowest BCUT2D eigenvalue weighted by molar-refractivity contribution is -0.121. The molecule has 164 valence electrons. The summed E-state index contributed by atoms with van der Waals surface area (Å²) in [5.41, 5.74) is 0.610. The number of nitrogens with zero attached hydrogens (tertiary/aromatic N) is 1. The zero-order valence-corrected chi connectivity index (χ0v) is 17.1. The van der Waals surface area contributed by atoms with Gasteiger partial charge in [0.25, 0.3) is 0 Å². The van der Waals surface area contributed by atoms with Crippen molar-refractivity contribution in [1.82, 2.24) is 9.62 Å². The fraction of sp³-hybridized carbons (Fsp3) is 0.316. The van der Waals surface area contributed by atoms with Gasteiger partial charge in [-0.2, -0.15) is 13.1 Å². The Bertz CT molecular complexity index is 969. The van der Waals surface area contributed by atoms with Gasteiger partial charge in [0.2, 0.25) is 15.9 Å². The molecule has 0 aromatic heterocycles. The summed E-state index contributed by atoms with van der Waals surface area (Å²) in [7, 11) is -1.39. The molecule has 0 fully saturated rings. The average molecular weight is 446 g/mol. The van der Waals surface area contributed by atoms with Crippen molar-refractivity contribution in [3.63, 3.8) is 0 Å². The Hall–Kier alpha value is -2.79. The first-order chi connectivity index (χ1) is 14.1. The normalized spacial score (nSPS) is 11.6. The molecule has 11 heteroatoms. The number of ether oxygens (including phenoxy) is 2. The number of hydrogen-bond acceptors (Lipinski definition) is 5. The highest BCUT2D eigenvalue weighted by molar-refractivity contribution is 7.89. The number of methoxy groups -OCH3 is 1. The van der Waals surface area contributed by atoms with E-state index in [1.807, 2.05) is 0 Å². The van der Waals surface area contributed by atoms with Gasteiger partial charge < -0.3 is 14.8 Å². The Balaban J connectivity index is 1.91. The Morgan fingerprint density at radius 3 is 2.40 bits per heavy atom. The van der Waals surface area contributed by atoms with E-state index in [2.05, 4.69) is 10.1 Å². The highest BCUT2D eigenvalue weighted by Crippen LogP contribution is 2.29. The Morgan fingerprint density at radius 2 is 1.80 bits per heavy atom. The second-order valence-electron chi connectivity index (χ2n) is 6.18. The van der Waals surface area contributed by atoms with Crippen LogP contribution in [0.3, 0.4) is 0 Å². The molecule has 2 rings (SSSR count). The number of benzene rings is 2. The molecule has 1 N–H and O–H groups in total. The summed E-state index contributed by atoms with van der Waals surface area (Å²) in [6, 6.07) is 8.74. The number of carbonyl (C=O) groups is 1. The van der Waals surface area contributed by atoms with Crippen LogP contribution in [0.4, 0.5) is 13.2 Å². The zero-order valence-electron chi connectivity index (χ0n) is 16.3. The van der Waals surface area contributed by atoms with Gasteiger partial charge >= 0.3 is 6.61 Å². The number of rotatable bonds is 10. The van der Waals surface area contributed by atoms with Crippen LogP contribution < -0.4 is 14.8 Å². The molecule has 0 saturated heterocycles. The molecule has 0 bridgehead atoms. The summed E-state index contributed by atoms with van der Waals surface area (Å²) in [4.78, 5) is 11.9. The van der Waals surface area contributed by atoms with Crippen LogP contribution >= 0.6 is 0 Å². The Kier molecular flexibility index (Phi) is 8.07. The lowest BCUT2D eigenvalue weighted by Crippen LogP contribution is -2.39. The molecular formula is C19H21F3N2O5S. The number of sulfonamides is 1. The predicted octanol–water partition coefficient (Wildman–Crippen LogP) is 2.42. The van der Waals surface area contributed by atoms with Crippen molar-refractivity contribution in [2.45, 2.75) is 17.9 Å². The fourth-order valence-corrected chi connectivity index (χ4v) is 3.67. The second-order valence-corrected chi connectivity index (χ2v) is 8.22. The number of likely N-dealkylation sites (N-methyl/N-ethyl adjacent to an activating group) is 1. The van der Waals surface area contributed by atoms with Crippen LogP contribution in [0.1, 0.15) is 5.56 Å². The van der Waals surface area contributed by atoms with Crippen molar-refractivity contribution >= 4 is 15.9 Å². The first kappa shape index (κ1) is 23.5. The van der Waals surface area contributed by atoms with Crippen LogP contribution in [0.25, 0.3) is 0 Å². The number of amides is 1. The van der Waals surface area contributed by atoms with E-state index in [4.69, 9.17) is 4.74 Å². The Labute approximate surface area is 172 Å². The monoisotopic (exact) mass is 446 g/mol. The summed E-state index contributed by atoms with van der Waals surface area (Å²) in [5, 5.41) is 2.56. The van der Waals surface area contributed by atoms with Crippen LogP contribution in [0.5, 0.6) is 11.5 Å². The third-order valence-electron chi connectivity index (χ3n) is 4.07.